The molecular weight excluding hydrogens is 367 g/mol. The van der Waals surface area contributed by atoms with Crippen molar-refractivity contribution in [1.82, 2.24) is 9.97 Å². The molecule has 2 rings (SSSR count). The smallest absolute Gasteiger partial charge is 0.223 e. The minimum atomic E-state index is -0.364. The Balaban J connectivity index is 2.33. The number of nitrogens with zero attached hydrogens (tertiary/aromatic N) is 2. The molecule has 18 heavy (non-hydrogen) atoms. The molecule has 3 nitrogen and oxygen atoms in total. The van der Waals surface area contributed by atoms with Crippen LogP contribution in [0.5, 0.6) is 11.6 Å². The van der Waals surface area contributed by atoms with Crippen LogP contribution in [0.3, 0.4) is 0 Å². The SMILES string of the molecule is CCc1nc(Br)cc(Oc2cc(F)ccc2Br)n1. The molecule has 0 fully saturated rings. The number of rotatable bonds is 3. The number of halogens is 3. The van der Waals surface area contributed by atoms with Crippen LogP contribution in [0.2, 0.25) is 0 Å². The largest absolute Gasteiger partial charge is 0.438 e. The summed E-state index contributed by atoms with van der Waals surface area (Å²) in [5.41, 5.74) is 0. The predicted molar refractivity (Wildman–Crippen MR) is 73.3 cm³/mol. The summed E-state index contributed by atoms with van der Waals surface area (Å²) < 4.78 is 20.0. The molecule has 0 saturated heterocycles. The summed E-state index contributed by atoms with van der Waals surface area (Å²) in [6, 6.07) is 5.87. The van der Waals surface area contributed by atoms with Crippen molar-refractivity contribution in [3.63, 3.8) is 0 Å². The Morgan fingerprint density at radius 3 is 2.72 bits per heavy atom. The summed E-state index contributed by atoms with van der Waals surface area (Å²) in [6.07, 6.45) is 0.695. The number of hydrogen-bond donors (Lipinski definition) is 0. The Morgan fingerprint density at radius 2 is 2.00 bits per heavy atom. The van der Waals surface area contributed by atoms with Crippen molar-refractivity contribution in [1.29, 1.82) is 0 Å². The molecule has 6 heteroatoms. The highest BCUT2D eigenvalue weighted by Crippen LogP contribution is 2.30. The molecule has 0 aliphatic heterocycles. The van der Waals surface area contributed by atoms with Crippen LogP contribution in [0, 0.1) is 5.82 Å². The van der Waals surface area contributed by atoms with Crippen LogP contribution in [0.4, 0.5) is 4.39 Å². The Labute approximate surface area is 121 Å². The van der Waals surface area contributed by atoms with Crippen LogP contribution < -0.4 is 4.74 Å². The number of aromatic nitrogens is 2. The topological polar surface area (TPSA) is 35.0 Å². The van der Waals surface area contributed by atoms with Gasteiger partial charge < -0.3 is 4.74 Å². The molecule has 0 aliphatic rings. The maximum atomic E-state index is 13.1. The normalized spacial score (nSPS) is 10.4. The first kappa shape index (κ1) is 13.4. The first-order valence-electron chi connectivity index (χ1n) is 5.25. The Hall–Kier alpha value is -1.01. The van der Waals surface area contributed by atoms with Gasteiger partial charge in [0.2, 0.25) is 5.88 Å². The average Bonchev–Trinajstić information content (AvgIpc) is 2.33. The van der Waals surface area contributed by atoms with Crippen molar-refractivity contribution in [3.05, 3.63) is 45.0 Å². The molecule has 1 aromatic heterocycles. The summed E-state index contributed by atoms with van der Waals surface area (Å²) in [7, 11) is 0. The molecule has 0 N–H and O–H groups in total. The summed E-state index contributed by atoms with van der Waals surface area (Å²) >= 11 is 6.58. The lowest BCUT2D eigenvalue weighted by Crippen LogP contribution is -1.97. The third-order valence-corrected chi connectivity index (χ3v) is 3.20. The van der Waals surface area contributed by atoms with E-state index in [0.29, 0.717) is 33.0 Å². The molecule has 0 spiro atoms. The lowest BCUT2D eigenvalue weighted by molar-refractivity contribution is 0.450. The lowest BCUT2D eigenvalue weighted by Gasteiger charge is -2.08. The molecule has 0 radical (unpaired) electrons. The molecule has 0 unspecified atom stereocenters. The zero-order valence-corrected chi connectivity index (χ0v) is 12.6. The van der Waals surface area contributed by atoms with E-state index in [9.17, 15) is 4.39 Å². The van der Waals surface area contributed by atoms with Crippen molar-refractivity contribution < 1.29 is 9.13 Å². The van der Waals surface area contributed by atoms with Gasteiger partial charge in [-0.05, 0) is 44.0 Å². The fourth-order valence-corrected chi connectivity index (χ4v) is 2.05. The maximum absolute atomic E-state index is 13.1. The molecule has 2 aromatic rings. The van der Waals surface area contributed by atoms with E-state index in [1.165, 1.54) is 12.1 Å². The van der Waals surface area contributed by atoms with E-state index in [0.717, 1.165) is 0 Å². The van der Waals surface area contributed by atoms with Crippen LogP contribution in [0.1, 0.15) is 12.7 Å². The highest BCUT2D eigenvalue weighted by Gasteiger charge is 2.08. The zero-order chi connectivity index (χ0) is 13.1. The number of benzene rings is 1. The van der Waals surface area contributed by atoms with Crippen molar-refractivity contribution >= 4 is 31.9 Å². The van der Waals surface area contributed by atoms with Gasteiger partial charge in [0.15, 0.2) is 0 Å². The first-order chi connectivity index (χ1) is 8.58. The minimum Gasteiger partial charge on any atom is -0.438 e. The van der Waals surface area contributed by atoms with Crippen LogP contribution in [0.15, 0.2) is 33.3 Å². The Bertz CT molecular complexity index is 578. The van der Waals surface area contributed by atoms with Gasteiger partial charge in [-0.1, -0.05) is 6.92 Å². The molecule has 0 atom stereocenters. The van der Waals surface area contributed by atoms with E-state index in [1.807, 2.05) is 6.92 Å². The molecule has 94 valence electrons. The van der Waals surface area contributed by atoms with Crippen LogP contribution >= 0.6 is 31.9 Å². The van der Waals surface area contributed by atoms with Crippen LogP contribution in [-0.2, 0) is 6.42 Å². The van der Waals surface area contributed by atoms with Crippen molar-refractivity contribution in [3.8, 4) is 11.6 Å². The summed E-state index contributed by atoms with van der Waals surface area (Å²) in [6.45, 7) is 1.95. The monoisotopic (exact) mass is 374 g/mol. The molecule has 0 bridgehead atoms. The van der Waals surface area contributed by atoms with Gasteiger partial charge in [-0.15, -0.1) is 0 Å². The third-order valence-electron chi connectivity index (χ3n) is 2.14. The predicted octanol–water partition coefficient (Wildman–Crippen LogP) is 4.50. The number of ether oxygens (including phenoxy) is 1. The fraction of sp³-hybridized carbons (Fsp3) is 0.167. The van der Waals surface area contributed by atoms with Gasteiger partial charge in [-0.3, -0.25) is 0 Å². The molecule has 0 saturated carbocycles. The van der Waals surface area contributed by atoms with Crippen molar-refractivity contribution in [2.75, 3.05) is 0 Å². The van der Waals surface area contributed by atoms with E-state index in [4.69, 9.17) is 4.74 Å². The van der Waals surface area contributed by atoms with Crippen LogP contribution in [0.25, 0.3) is 0 Å². The van der Waals surface area contributed by atoms with Crippen LogP contribution in [-0.4, -0.2) is 9.97 Å². The average molecular weight is 376 g/mol. The zero-order valence-electron chi connectivity index (χ0n) is 9.45. The fourth-order valence-electron chi connectivity index (χ4n) is 1.32. The standard InChI is InChI=1S/C12H9Br2FN2O/c1-2-11-16-10(14)6-12(17-11)18-9-5-7(15)3-4-8(9)13/h3-6H,2H2,1H3. The lowest BCUT2D eigenvalue weighted by atomic mass is 10.3. The molecular formula is C12H9Br2FN2O. The number of hydrogen-bond acceptors (Lipinski definition) is 3. The Morgan fingerprint density at radius 1 is 1.22 bits per heavy atom. The van der Waals surface area contributed by atoms with Crippen molar-refractivity contribution in [2.45, 2.75) is 13.3 Å². The Kier molecular flexibility index (Phi) is 4.29. The summed E-state index contributed by atoms with van der Waals surface area (Å²) in [5.74, 6) is 1.05. The molecule has 1 heterocycles. The third kappa shape index (κ3) is 3.26. The second-order valence-electron chi connectivity index (χ2n) is 3.48. The van der Waals surface area contributed by atoms with E-state index < -0.39 is 0 Å². The maximum Gasteiger partial charge on any atom is 0.223 e. The van der Waals surface area contributed by atoms with Gasteiger partial charge >= 0.3 is 0 Å². The number of aryl methyl sites for hydroxylation is 1. The van der Waals surface area contributed by atoms with Gasteiger partial charge in [0.25, 0.3) is 0 Å². The van der Waals surface area contributed by atoms with Gasteiger partial charge in [-0.2, -0.15) is 4.98 Å². The highest BCUT2D eigenvalue weighted by atomic mass is 79.9. The van der Waals surface area contributed by atoms with E-state index in [-0.39, 0.29) is 5.82 Å². The van der Waals surface area contributed by atoms with Gasteiger partial charge in [0.1, 0.15) is 22.0 Å². The van der Waals surface area contributed by atoms with Gasteiger partial charge in [-0.25, -0.2) is 9.37 Å². The van der Waals surface area contributed by atoms with Gasteiger partial charge in [0.05, 0.1) is 4.47 Å². The second kappa shape index (κ2) is 5.75. The van der Waals surface area contributed by atoms with E-state index >= 15 is 0 Å². The first-order valence-corrected chi connectivity index (χ1v) is 6.83. The summed E-state index contributed by atoms with van der Waals surface area (Å²) in [4.78, 5) is 8.39. The minimum absolute atomic E-state index is 0.364. The van der Waals surface area contributed by atoms with E-state index in [2.05, 4.69) is 41.8 Å². The molecule has 1 aromatic carbocycles. The second-order valence-corrected chi connectivity index (χ2v) is 5.14. The van der Waals surface area contributed by atoms with Gasteiger partial charge in [0, 0.05) is 18.6 Å². The molecule has 0 amide bonds. The van der Waals surface area contributed by atoms with Crippen molar-refractivity contribution in [2.24, 2.45) is 0 Å². The highest BCUT2D eigenvalue weighted by molar-refractivity contribution is 9.10. The molecule has 0 aliphatic carbocycles. The quantitative estimate of drug-likeness (QED) is 0.741. The summed E-state index contributed by atoms with van der Waals surface area (Å²) in [5, 5.41) is 0. The van der Waals surface area contributed by atoms with E-state index in [1.54, 1.807) is 12.1 Å².